The van der Waals surface area contributed by atoms with Gasteiger partial charge in [0.05, 0.1) is 18.1 Å². The summed E-state index contributed by atoms with van der Waals surface area (Å²) in [5.41, 5.74) is 12.7. The summed E-state index contributed by atoms with van der Waals surface area (Å²) in [7, 11) is 0. The average Bonchev–Trinajstić information content (AvgIpc) is 3.07. The number of carboxylic acids is 1. The molecule has 2 aromatic carbocycles. The number of Topliss-reactive ketones (excluding diaryl/α,β-unsaturated/α-hetero) is 1. The number of piperazine rings is 1. The Bertz CT molecular complexity index is 1470. The summed E-state index contributed by atoms with van der Waals surface area (Å²) in [5.74, 6) is -2.85. The summed E-state index contributed by atoms with van der Waals surface area (Å²) in [4.78, 5) is 70.6. The lowest BCUT2D eigenvalue weighted by molar-refractivity contribution is -0.159. The number of unbranched alkanes of at least 4 members (excludes halogenated alkanes) is 1. The Morgan fingerprint density at radius 3 is 2.08 bits per heavy atom. The van der Waals surface area contributed by atoms with E-state index in [2.05, 4.69) is 10.6 Å². The molecule has 2 aliphatic rings. The molecule has 6 atom stereocenters. The fraction of sp³-hybridized carbons (Fsp3) is 0.564. The van der Waals surface area contributed by atoms with Crippen LogP contribution >= 0.6 is 0 Å². The van der Waals surface area contributed by atoms with E-state index in [1.54, 1.807) is 11.8 Å². The van der Waals surface area contributed by atoms with Crippen molar-refractivity contribution < 1.29 is 29.1 Å². The van der Waals surface area contributed by atoms with Gasteiger partial charge in [-0.25, -0.2) is 0 Å². The first-order valence-corrected chi connectivity index (χ1v) is 18.2. The van der Waals surface area contributed by atoms with Crippen molar-refractivity contribution in [2.24, 2.45) is 23.3 Å². The minimum Gasteiger partial charge on any atom is -0.480 e. The van der Waals surface area contributed by atoms with Gasteiger partial charge in [0.25, 0.3) is 0 Å². The molecule has 4 rings (SSSR count). The number of carbonyl (C=O) groups is 5. The highest BCUT2D eigenvalue weighted by Crippen LogP contribution is 2.33. The highest BCUT2D eigenvalue weighted by atomic mass is 16.4. The first-order valence-electron chi connectivity index (χ1n) is 18.2. The zero-order chi connectivity index (χ0) is 37.1. The standard InChI is InChI=1S/C39H56N6O6/c1-26(2)18-29(36(49)42-32(16-10-11-17-40)37(50)45-30-21-31(45)24-44(23-30)25-35(47)48)20-34(46)33(19-27-12-6-4-7-13-27)43-38(51)39(3,41)22-28-14-8-5-9-15-28/h4-9,12-15,26,29-33H,10-11,16-25,40-41H2,1-3H3,(H,42,49)(H,43,51)(H,47,48). The van der Waals surface area contributed by atoms with Gasteiger partial charge in [-0.3, -0.25) is 28.9 Å². The lowest BCUT2D eigenvalue weighted by Gasteiger charge is -2.56. The average molecular weight is 705 g/mol. The van der Waals surface area contributed by atoms with Crippen LogP contribution in [0.5, 0.6) is 0 Å². The van der Waals surface area contributed by atoms with Gasteiger partial charge in [-0.05, 0) is 75.5 Å². The molecule has 0 saturated carbocycles. The maximum absolute atomic E-state index is 14.1. The van der Waals surface area contributed by atoms with Gasteiger partial charge in [-0.2, -0.15) is 0 Å². The Kier molecular flexibility index (Phi) is 14.3. The molecule has 3 amide bonds. The number of carboxylic acid groups (broad SMARTS) is 1. The van der Waals surface area contributed by atoms with E-state index in [0.29, 0.717) is 45.3 Å². The molecule has 2 aromatic rings. The highest BCUT2D eigenvalue weighted by Gasteiger charge is 2.49. The monoisotopic (exact) mass is 704 g/mol. The van der Waals surface area contributed by atoms with Crippen molar-refractivity contribution in [3.8, 4) is 0 Å². The Balaban J connectivity index is 1.49. The lowest BCUT2D eigenvalue weighted by atomic mass is 9.85. The Hall–Kier alpha value is -4.13. The van der Waals surface area contributed by atoms with Crippen molar-refractivity contribution in [3.63, 3.8) is 0 Å². The number of nitrogens with one attached hydrogen (secondary N) is 2. The molecule has 12 nitrogen and oxygen atoms in total. The second-order valence-electron chi connectivity index (χ2n) is 15.0. The van der Waals surface area contributed by atoms with Crippen LogP contribution in [0, 0.1) is 11.8 Å². The van der Waals surface area contributed by atoms with Crippen LogP contribution in [0.15, 0.2) is 60.7 Å². The fourth-order valence-electron chi connectivity index (χ4n) is 7.35. The molecule has 7 N–H and O–H groups in total. The fourth-order valence-corrected chi connectivity index (χ4v) is 7.35. The number of likely N-dealkylation sites (tertiary alicyclic amines) is 2. The first kappa shape index (κ1) is 39.7. The zero-order valence-corrected chi connectivity index (χ0v) is 30.3. The number of aliphatic carboxylic acids is 1. The van der Waals surface area contributed by atoms with E-state index in [4.69, 9.17) is 11.5 Å². The van der Waals surface area contributed by atoms with E-state index in [9.17, 15) is 29.1 Å². The molecule has 278 valence electrons. The number of hydrogen-bond acceptors (Lipinski definition) is 8. The quantitative estimate of drug-likeness (QED) is 0.129. The molecular formula is C39H56N6O6. The molecule has 2 aliphatic heterocycles. The summed E-state index contributed by atoms with van der Waals surface area (Å²) in [6.07, 6.45) is 3.35. The zero-order valence-electron chi connectivity index (χ0n) is 30.3. The number of benzene rings is 2. The van der Waals surface area contributed by atoms with Gasteiger partial charge in [-0.1, -0.05) is 74.5 Å². The van der Waals surface area contributed by atoms with Crippen molar-refractivity contribution in [3.05, 3.63) is 71.8 Å². The normalized spacial score (nSPS) is 20.0. The second-order valence-corrected chi connectivity index (χ2v) is 15.0. The van der Waals surface area contributed by atoms with E-state index in [0.717, 1.165) is 17.5 Å². The molecule has 2 heterocycles. The van der Waals surface area contributed by atoms with Crippen LogP contribution in [0.3, 0.4) is 0 Å². The summed E-state index contributed by atoms with van der Waals surface area (Å²) < 4.78 is 0. The summed E-state index contributed by atoms with van der Waals surface area (Å²) in [6.45, 7) is 6.94. The van der Waals surface area contributed by atoms with E-state index in [-0.39, 0.29) is 61.4 Å². The third-order valence-corrected chi connectivity index (χ3v) is 9.93. The van der Waals surface area contributed by atoms with Gasteiger partial charge in [-0.15, -0.1) is 0 Å². The Morgan fingerprint density at radius 2 is 1.51 bits per heavy atom. The number of fused-ring (bicyclic) bond motifs is 2. The second kappa shape index (κ2) is 18.4. The largest absolute Gasteiger partial charge is 0.480 e. The van der Waals surface area contributed by atoms with Crippen molar-refractivity contribution in [2.75, 3.05) is 26.2 Å². The van der Waals surface area contributed by atoms with Crippen LogP contribution in [0.1, 0.15) is 70.4 Å². The molecular weight excluding hydrogens is 648 g/mol. The predicted octanol–water partition coefficient (Wildman–Crippen LogP) is 2.28. The number of carbonyl (C=O) groups excluding carboxylic acids is 4. The van der Waals surface area contributed by atoms with E-state index >= 15 is 0 Å². The van der Waals surface area contributed by atoms with Gasteiger partial charge in [0.2, 0.25) is 17.7 Å². The van der Waals surface area contributed by atoms with Crippen LogP contribution < -0.4 is 22.1 Å². The SMILES string of the molecule is CC(C)CC(CC(=O)C(Cc1ccccc1)NC(=O)C(C)(N)Cc1ccccc1)C(=O)NC(CCCCN)C(=O)N1C2CC1CN(CC(=O)O)C2. The highest BCUT2D eigenvalue weighted by molar-refractivity contribution is 5.96. The van der Waals surface area contributed by atoms with Crippen LogP contribution in [0.2, 0.25) is 0 Å². The van der Waals surface area contributed by atoms with Gasteiger partial charge < -0.3 is 32.1 Å². The molecule has 0 aromatic heterocycles. The van der Waals surface area contributed by atoms with Crippen molar-refractivity contribution >= 4 is 29.5 Å². The predicted molar refractivity (Wildman–Crippen MR) is 195 cm³/mol. The smallest absolute Gasteiger partial charge is 0.317 e. The van der Waals surface area contributed by atoms with Gasteiger partial charge >= 0.3 is 5.97 Å². The van der Waals surface area contributed by atoms with Crippen LogP contribution in [-0.2, 0) is 36.8 Å². The summed E-state index contributed by atoms with van der Waals surface area (Å²) in [6, 6.07) is 16.9. The lowest BCUT2D eigenvalue weighted by Crippen LogP contribution is -2.72. The van der Waals surface area contributed by atoms with Crippen LogP contribution in [0.4, 0.5) is 0 Å². The molecule has 2 fully saturated rings. The first-order chi connectivity index (χ1) is 24.3. The number of nitrogens with two attached hydrogens (primary N) is 2. The number of ketones is 1. The maximum Gasteiger partial charge on any atom is 0.317 e. The molecule has 0 aliphatic carbocycles. The van der Waals surface area contributed by atoms with Crippen molar-refractivity contribution in [1.29, 1.82) is 0 Å². The van der Waals surface area contributed by atoms with Crippen molar-refractivity contribution in [1.82, 2.24) is 20.4 Å². The number of nitrogens with zero attached hydrogens (tertiary/aromatic N) is 2. The van der Waals surface area contributed by atoms with E-state index < -0.39 is 35.4 Å². The van der Waals surface area contributed by atoms with E-state index in [1.807, 2.05) is 79.4 Å². The minimum absolute atomic E-state index is 0.0696. The third-order valence-electron chi connectivity index (χ3n) is 9.93. The Labute approximate surface area is 301 Å². The van der Waals surface area contributed by atoms with Crippen LogP contribution in [0.25, 0.3) is 0 Å². The number of amides is 3. The molecule has 6 unspecified atom stereocenters. The molecule has 2 saturated heterocycles. The Morgan fingerprint density at radius 1 is 0.902 bits per heavy atom. The number of hydrogen-bond donors (Lipinski definition) is 5. The summed E-state index contributed by atoms with van der Waals surface area (Å²) >= 11 is 0. The van der Waals surface area contributed by atoms with Gasteiger partial charge in [0, 0.05) is 37.5 Å². The molecule has 0 radical (unpaired) electrons. The van der Waals surface area contributed by atoms with E-state index in [1.165, 1.54) is 0 Å². The van der Waals surface area contributed by atoms with Crippen molar-refractivity contribution in [2.45, 2.75) is 102 Å². The number of piperidine rings is 1. The minimum atomic E-state index is -1.29. The topological polar surface area (TPSA) is 188 Å². The molecule has 2 bridgehead atoms. The molecule has 0 spiro atoms. The maximum atomic E-state index is 14.1. The van der Waals surface area contributed by atoms with Gasteiger partial charge in [0.1, 0.15) is 6.04 Å². The molecule has 51 heavy (non-hydrogen) atoms. The summed E-state index contributed by atoms with van der Waals surface area (Å²) in [5, 5.41) is 15.2. The van der Waals surface area contributed by atoms with Crippen LogP contribution in [-0.4, -0.2) is 100 Å². The van der Waals surface area contributed by atoms with Gasteiger partial charge in [0.15, 0.2) is 5.78 Å². The number of rotatable bonds is 20. The third kappa shape index (κ3) is 11.4. The molecule has 12 heteroatoms.